The van der Waals surface area contributed by atoms with Crippen LogP contribution in [-0.2, 0) is 48.8 Å². The Labute approximate surface area is 296 Å². The first kappa shape index (κ1) is 35.2. The molecule has 2 saturated carbocycles. The monoisotopic (exact) mass is 725 g/mol. The Morgan fingerprint density at radius 2 is 1.92 bits per heavy atom. The Morgan fingerprint density at radius 3 is 2.67 bits per heavy atom. The van der Waals surface area contributed by atoms with Gasteiger partial charge in [0, 0.05) is 24.4 Å². The van der Waals surface area contributed by atoms with E-state index in [2.05, 4.69) is 15.4 Å². The minimum Gasteiger partial charge on any atom is -0.465 e. The lowest BCUT2D eigenvalue weighted by Crippen LogP contribution is -2.58. The molecule has 5 aliphatic rings. The van der Waals surface area contributed by atoms with E-state index in [-0.39, 0.29) is 44.9 Å². The summed E-state index contributed by atoms with van der Waals surface area (Å²) in [5.41, 5.74) is -0.398. The molecule has 0 radical (unpaired) electrons. The van der Waals surface area contributed by atoms with Crippen LogP contribution in [0.4, 0.5) is 9.18 Å². The molecule has 51 heavy (non-hydrogen) atoms. The molecule has 274 valence electrons. The SMILES string of the molecule is Cc1ccc(CN[C@H]2CCCCC/C=C\[C@@H]3C[C@@]3(C(=O)NS(=O)(=O)C3CC3)NC(=O)[C@@H]3C[C@@H](OC(=O)N4Cc5cccc(F)c5C4)CN3C2=O)o1. The molecule has 0 bridgehead atoms. The molecule has 1 saturated heterocycles. The van der Waals surface area contributed by atoms with Crippen molar-refractivity contribution in [3.8, 4) is 0 Å². The van der Waals surface area contributed by atoms with Gasteiger partial charge in [-0.3, -0.25) is 29.3 Å². The number of carbonyl (C=O) groups is 4. The number of aryl methyl sites for hydroxylation is 1. The number of nitrogens with one attached hydrogen (secondary N) is 3. The minimum atomic E-state index is -3.89. The number of carbonyl (C=O) groups excluding carboxylic acids is 4. The van der Waals surface area contributed by atoms with Crippen molar-refractivity contribution in [2.45, 2.75) is 113 Å². The van der Waals surface area contributed by atoms with E-state index in [1.165, 1.54) is 15.9 Å². The van der Waals surface area contributed by atoms with Crippen LogP contribution < -0.4 is 15.4 Å². The van der Waals surface area contributed by atoms with E-state index in [0.29, 0.717) is 36.1 Å². The number of sulfonamides is 1. The summed E-state index contributed by atoms with van der Waals surface area (Å²) < 4.78 is 53.7. The number of benzene rings is 1. The van der Waals surface area contributed by atoms with Gasteiger partial charge in [0.25, 0.3) is 5.91 Å². The van der Waals surface area contributed by atoms with Gasteiger partial charge in [0.2, 0.25) is 21.8 Å². The maximum atomic E-state index is 14.4. The zero-order valence-electron chi connectivity index (χ0n) is 28.6. The summed E-state index contributed by atoms with van der Waals surface area (Å²) >= 11 is 0. The minimum absolute atomic E-state index is 0.0364. The van der Waals surface area contributed by atoms with Gasteiger partial charge in [-0.05, 0) is 69.2 Å². The first-order valence-corrected chi connectivity index (χ1v) is 19.3. The second kappa shape index (κ2) is 14.1. The molecule has 5 atom stereocenters. The average molecular weight is 726 g/mol. The van der Waals surface area contributed by atoms with E-state index in [1.54, 1.807) is 12.1 Å². The Kier molecular flexibility index (Phi) is 9.69. The molecule has 4 amide bonds. The number of hydrogen-bond acceptors (Lipinski definition) is 9. The fraction of sp³-hybridized carbons (Fsp3) is 0.556. The van der Waals surface area contributed by atoms with Crippen LogP contribution in [0, 0.1) is 18.7 Å². The first-order valence-electron chi connectivity index (χ1n) is 17.8. The lowest BCUT2D eigenvalue weighted by Gasteiger charge is -2.30. The third kappa shape index (κ3) is 7.55. The number of ether oxygens (including phenoxy) is 1. The maximum Gasteiger partial charge on any atom is 0.410 e. The topological polar surface area (TPSA) is 167 Å². The summed E-state index contributed by atoms with van der Waals surface area (Å²) in [7, 11) is -3.89. The predicted octanol–water partition coefficient (Wildman–Crippen LogP) is 3.31. The standard InChI is InChI=1S/C36H44FN5O8S/c1-22-12-13-25(49-22)18-38-30-11-6-4-2-3-5-9-24-17-36(24,34(45)40-51(47,48)27-14-15-27)39-32(43)31-16-26(20-42(31)33(30)44)50-35(46)41-19-23-8-7-10-29(37)28(23)21-41/h5,7-10,12-13,24,26-27,30-31,38H,2-4,6,11,14-21H2,1H3,(H,39,43)(H,40,45)/b9-5-/t24-,26-,30+,31+,36-/m1/s1. The fourth-order valence-corrected chi connectivity index (χ4v) is 8.80. The van der Waals surface area contributed by atoms with E-state index < -0.39 is 68.6 Å². The molecule has 13 nitrogen and oxygen atoms in total. The Hall–Kier alpha value is -4.24. The number of halogens is 1. The van der Waals surface area contributed by atoms with Gasteiger partial charge in [0.15, 0.2) is 0 Å². The van der Waals surface area contributed by atoms with Crippen LogP contribution >= 0.6 is 0 Å². The molecule has 0 unspecified atom stereocenters. The van der Waals surface area contributed by atoms with Gasteiger partial charge in [0.05, 0.1) is 30.9 Å². The van der Waals surface area contributed by atoms with E-state index in [0.717, 1.165) is 31.4 Å². The maximum absolute atomic E-state index is 14.4. The summed E-state index contributed by atoms with van der Waals surface area (Å²) in [5.74, 6) is -1.24. The lowest BCUT2D eigenvalue weighted by atomic mass is 10.0. The van der Waals surface area contributed by atoms with Crippen molar-refractivity contribution in [2.75, 3.05) is 6.54 Å². The molecule has 1 aromatic heterocycles. The normalized spacial score (nSPS) is 28.8. The first-order chi connectivity index (χ1) is 24.4. The number of hydrogen-bond donors (Lipinski definition) is 3. The summed E-state index contributed by atoms with van der Waals surface area (Å²) in [6, 6.07) is 6.54. The molecule has 0 spiro atoms. The Bertz CT molecular complexity index is 1840. The van der Waals surface area contributed by atoms with Crippen molar-refractivity contribution >= 4 is 33.8 Å². The molecule has 2 aliphatic carbocycles. The summed E-state index contributed by atoms with van der Waals surface area (Å²) in [4.78, 5) is 58.3. The smallest absolute Gasteiger partial charge is 0.410 e. The van der Waals surface area contributed by atoms with Crippen LogP contribution in [0.1, 0.15) is 80.4 Å². The number of nitrogens with zero attached hydrogens (tertiary/aromatic N) is 2. The van der Waals surface area contributed by atoms with Gasteiger partial charge in [-0.2, -0.15) is 0 Å². The van der Waals surface area contributed by atoms with Crippen molar-refractivity contribution in [3.05, 3.63) is 70.9 Å². The summed E-state index contributed by atoms with van der Waals surface area (Å²) in [6.45, 7) is 2.24. The van der Waals surface area contributed by atoms with Crippen LogP contribution in [0.15, 0.2) is 46.9 Å². The highest BCUT2D eigenvalue weighted by Gasteiger charge is 2.62. The lowest BCUT2D eigenvalue weighted by molar-refractivity contribution is -0.141. The third-order valence-electron chi connectivity index (χ3n) is 10.6. The van der Waals surface area contributed by atoms with Gasteiger partial charge >= 0.3 is 6.09 Å². The fourth-order valence-electron chi connectivity index (χ4n) is 7.43. The molecular weight excluding hydrogens is 681 g/mol. The zero-order chi connectivity index (χ0) is 35.9. The second-order valence-corrected chi connectivity index (χ2v) is 16.4. The van der Waals surface area contributed by atoms with Crippen molar-refractivity contribution in [1.82, 2.24) is 25.2 Å². The van der Waals surface area contributed by atoms with Crippen molar-refractivity contribution in [2.24, 2.45) is 5.92 Å². The van der Waals surface area contributed by atoms with Crippen molar-refractivity contribution < 1.29 is 41.1 Å². The van der Waals surface area contributed by atoms with Crippen LogP contribution in [-0.4, -0.2) is 77.6 Å². The van der Waals surface area contributed by atoms with E-state index in [9.17, 15) is 32.0 Å². The molecular formula is C36H44FN5O8S. The molecule has 1 aromatic carbocycles. The van der Waals surface area contributed by atoms with Crippen molar-refractivity contribution in [1.29, 1.82) is 0 Å². The van der Waals surface area contributed by atoms with E-state index >= 15 is 0 Å². The van der Waals surface area contributed by atoms with Crippen molar-refractivity contribution in [3.63, 3.8) is 0 Å². The molecule has 15 heteroatoms. The Balaban J connectivity index is 1.13. The van der Waals surface area contributed by atoms with Gasteiger partial charge in [-0.25, -0.2) is 17.6 Å². The molecule has 2 aromatic rings. The molecule has 7 rings (SSSR count). The quantitative estimate of drug-likeness (QED) is 0.363. The van der Waals surface area contributed by atoms with Crippen LogP contribution in [0.5, 0.6) is 0 Å². The predicted molar refractivity (Wildman–Crippen MR) is 181 cm³/mol. The number of allylic oxidation sites excluding steroid dienone is 1. The third-order valence-corrected chi connectivity index (χ3v) is 12.4. The Morgan fingerprint density at radius 1 is 1.10 bits per heavy atom. The van der Waals surface area contributed by atoms with Gasteiger partial charge in [-0.1, -0.05) is 37.1 Å². The number of furan rings is 1. The highest BCUT2D eigenvalue weighted by Crippen LogP contribution is 2.46. The van der Waals surface area contributed by atoms with Crippen LogP contribution in [0.3, 0.4) is 0 Å². The summed E-state index contributed by atoms with van der Waals surface area (Å²) in [5, 5.41) is 5.52. The average Bonchev–Trinajstić information content (AvgIpc) is 3.91. The molecule has 3 aliphatic heterocycles. The van der Waals surface area contributed by atoms with Crippen LogP contribution in [0.25, 0.3) is 0 Å². The number of amides is 4. The molecule has 4 heterocycles. The highest BCUT2D eigenvalue weighted by molar-refractivity contribution is 7.91. The summed E-state index contributed by atoms with van der Waals surface area (Å²) in [6.07, 6.45) is 7.01. The van der Waals surface area contributed by atoms with Crippen LogP contribution in [0.2, 0.25) is 0 Å². The zero-order valence-corrected chi connectivity index (χ0v) is 29.4. The molecule has 3 fully saturated rings. The van der Waals surface area contributed by atoms with E-state index in [1.807, 2.05) is 31.2 Å². The van der Waals surface area contributed by atoms with Gasteiger partial charge in [0.1, 0.15) is 35.0 Å². The molecule has 3 N–H and O–H groups in total. The number of fused-ring (bicyclic) bond motifs is 3. The van der Waals surface area contributed by atoms with E-state index in [4.69, 9.17) is 9.15 Å². The highest BCUT2D eigenvalue weighted by atomic mass is 32.2. The largest absolute Gasteiger partial charge is 0.465 e. The van der Waals surface area contributed by atoms with Gasteiger partial charge < -0.3 is 19.4 Å². The van der Waals surface area contributed by atoms with Gasteiger partial charge in [-0.15, -0.1) is 0 Å². The number of rotatable bonds is 7. The second-order valence-electron chi connectivity index (χ2n) is 14.4.